The Bertz CT molecular complexity index is 427. The molecule has 1 amide bonds. The molecule has 0 aliphatic rings. The molecule has 1 rings (SSSR count). The summed E-state index contributed by atoms with van der Waals surface area (Å²) < 4.78 is 9.63. The van der Waals surface area contributed by atoms with E-state index < -0.39 is 11.9 Å². The Morgan fingerprint density at radius 1 is 1.56 bits per heavy atom. The molecule has 0 radical (unpaired) electrons. The molecular formula is C11H14N2O5. The van der Waals surface area contributed by atoms with Crippen LogP contribution >= 0.6 is 0 Å². The number of aromatic carboxylic acids is 1. The highest BCUT2D eigenvalue weighted by molar-refractivity contribution is 5.94. The van der Waals surface area contributed by atoms with Crippen molar-refractivity contribution in [2.24, 2.45) is 0 Å². The van der Waals surface area contributed by atoms with Crippen molar-refractivity contribution in [3.8, 4) is 0 Å². The van der Waals surface area contributed by atoms with Crippen molar-refractivity contribution >= 4 is 11.9 Å². The van der Waals surface area contributed by atoms with Crippen LogP contribution in [-0.4, -0.2) is 41.9 Å². The van der Waals surface area contributed by atoms with E-state index in [0.717, 1.165) is 12.5 Å². The quantitative estimate of drug-likeness (QED) is 0.523. The minimum absolute atomic E-state index is 0.0708. The predicted molar refractivity (Wildman–Crippen MR) is 61.4 cm³/mol. The minimum atomic E-state index is -1.27. The molecule has 98 valence electrons. The number of hydrogen-bond donors (Lipinski definition) is 2. The molecule has 7 heteroatoms. The molecule has 1 aromatic heterocycles. The van der Waals surface area contributed by atoms with Gasteiger partial charge in [-0.25, -0.2) is 4.79 Å². The fourth-order valence-electron chi connectivity index (χ4n) is 1.08. The second-order valence-electron chi connectivity index (χ2n) is 3.33. The van der Waals surface area contributed by atoms with Crippen LogP contribution in [0.3, 0.4) is 0 Å². The number of carbonyl (C=O) groups excluding carboxylic acids is 1. The largest absolute Gasteiger partial charge is 0.475 e. The lowest BCUT2D eigenvalue weighted by molar-refractivity contribution is 0.0651. The summed E-state index contributed by atoms with van der Waals surface area (Å²) in [5.41, 5.74) is -0.0708. The van der Waals surface area contributed by atoms with Crippen molar-refractivity contribution in [3.63, 3.8) is 0 Å². The maximum Gasteiger partial charge on any atom is 0.374 e. The van der Waals surface area contributed by atoms with Gasteiger partial charge in [-0.05, 0) is 6.42 Å². The van der Waals surface area contributed by atoms with Gasteiger partial charge in [-0.15, -0.1) is 6.58 Å². The smallest absolute Gasteiger partial charge is 0.374 e. The topological polar surface area (TPSA) is 102 Å². The van der Waals surface area contributed by atoms with E-state index in [1.54, 1.807) is 6.08 Å². The number of carbonyl (C=O) groups is 2. The van der Waals surface area contributed by atoms with Crippen LogP contribution in [0, 0.1) is 0 Å². The van der Waals surface area contributed by atoms with Gasteiger partial charge in [0.15, 0.2) is 5.69 Å². The summed E-state index contributed by atoms with van der Waals surface area (Å²) in [5.74, 6) is -2.14. The highest BCUT2D eigenvalue weighted by Crippen LogP contribution is 2.02. The van der Waals surface area contributed by atoms with E-state index >= 15 is 0 Å². The molecular weight excluding hydrogens is 240 g/mol. The minimum Gasteiger partial charge on any atom is -0.475 e. The number of aromatic nitrogens is 1. The van der Waals surface area contributed by atoms with Gasteiger partial charge in [0.2, 0.25) is 5.76 Å². The van der Waals surface area contributed by atoms with Gasteiger partial charge >= 0.3 is 5.97 Å². The molecule has 1 heterocycles. The number of nitrogens with one attached hydrogen (secondary N) is 1. The van der Waals surface area contributed by atoms with Crippen LogP contribution in [0.15, 0.2) is 23.2 Å². The van der Waals surface area contributed by atoms with Crippen LogP contribution in [-0.2, 0) is 4.74 Å². The van der Waals surface area contributed by atoms with Crippen LogP contribution in [0.4, 0.5) is 0 Å². The van der Waals surface area contributed by atoms with Gasteiger partial charge in [0.1, 0.15) is 0 Å². The lowest BCUT2D eigenvalue weighted by Crippen LogP contribution is -2.27. The number of amides is 1. The first kappa shape index (κ1) is 13.9. The molecule has 0 aromatic carbocycles. The van der Waals surface area contributed by atoms with E-state index in [9.17, 15) is 9.59 Å². The van der Waals surface area contributed by atoms with Gasteiger partial charge in [-0.1, -0.05) is 11.2 Å². The molecule has 0 spiro atoms. The monoisotopic (exact) mass is 254 g/mol. The predicted octanol–water partition coefficient (Wildman–Crippen LogP) is 0.695. The molecule has 0 bridgehead atoms. The first-order valence-electron chi connectivity index (χ1n) is 5.32. The van der Waals surface area contributed by atoms with Crippen molar-refractivity contribution in [2.45, 2.75) is 6.42 Å². The molecule has 0 fully saturated rings. The highest BCUT2D eigenvalue weighted by atomic mass is 16.5. The van der Waals surface area contributed by atoms with Crippen molar-refractivity contribution < 1.29 is 24.0 Å². The first-order valence-corrected chi connectivity index (χ1v) is 5.32. The van der Waals surface area contributed by atoms with Gasteiger partial charge in [-0.3, -0.25) is 4.79 Å². The Kier molecular flexibility index (Phi) is 5.59. The Balaban J connectivity index is 2.27. The van der Waals surface area contributed by atoms with E-state index in [4.69, 9.17) is 9.84 Å². The molecule has 18 heavy (non-hydrogen) atoms. The zero-order valence-corrected chi connectivity index (χ0v) is 9.72. The zero-order chi connectivity index (χ0) is 13.4. The van der Waals surface area contributed by atoms with Crippen molar-refractivity contribution in [1.29, 1.82) is 0 Å². The van der Waals surface area contributed by atoms with Crippen LogP contribution in [0.25, 0.3) is 0 Å². The van der Waals surface area contributed by atoms with Gasteiger partial charge in [0, 0.05) is 12.6 Å². The van der Waals surface area contributed by atoms with E-state index in [1.807, 2.05) is 0 Å². The maximum atomic E-state index is 11.5. The summed E-state index contributed by atoms with van der Waals surface area (Å²) in [6, 6.07) is 1.07. The number of hydrogen-bond acceptors (Lipinski definition) is 5. The molecule has 2 N–H and O–H groups in total. The van der Waals surface area contributed by atoms with E-state index in [0.29, 0.717) is 19.8 Å². The van der Waals surface area contributed by atoms with Gasteiger partial charge in [0.25, 0.3) is 5.91 Å². The molecule has 1 aromatic rings. The average molecular weight is 254 g/mol. The normalized spacial score (nSPS) is 10.0. The number of ether oxygens (including phenoxy) is 1. The second kappa shape index (κ2) is 7.23. The molecule has 7 nitrogen and oxygen atoms in total. The van der Waals surface area contributed by atoms with Crippen LogP contribution in [0.1, 0.15) is 27.5 Å². The lowest BCUT2D eigenvalue weighted by Gasteiger charge is -2.03. The summed E-state index contributed by atoms with van der Waals surface area (Å²) in [7, 11) is 0. The summed E-state index contributed by atoms with van der Waals surface area (Å²) in [6.07, 6.45) is 2.49. The van der Waals surface area contributed by atoms with E-state index in [1.165, 1.54) is 0 Å². The molecule has 0 aliphatic heterocycles. The fraction of sp³-hybridized carbons (Fsp3) is 0.364. The Morgan fingerprint density at radius 3 is 2.94 bits per heavy atom. The summed E-state index contributed by atoms with van der Waals surface area (Å²) >= 11 is 0. The lowest BCUT2D eigenvalue weighted by atomic mass is 10.3. The SMILES string of the molecule is C=CCCOCCNC(=O)c1cc(C(=O)O)on1. The van der Waals surface area contributed by atoms with Crippen molar-refractivity contribution in [1.82, 2.24) is 10.5 Å². The molecule has 0 saturated heterocycles. The maximum absolute atomic E-state index is 11.5. The third-order valence-electron chi connectivity index (χ3n) is 1.95. The van der Waals surface area contributed by atoms with Crippen LogP contribution < -0.4 is 5.32 Å². The zero-order valence-electron chi connectivity index (χ0n) is 9.72. The Labute approximate surface area is 103 Å². The van der Waals surface area contributed by atoms with Crippen LogP contribution in [0.2, 0.25) is 0 Å². The Morgan fingerprint density at radius 2 is 2.33 bits per heavy atom. The van der Waals surface area contributed by atoms with E-state index in [2.05, 4.69) is 21.6 Å². The van der Waals surface area contributed by atoms with Gasteiger partial charge in [0.05, 0.1) is 13.2 Å². The van der Waals surface area contributed by atoms with Crippen molar-refractivity contribution in [3.05, 3.63) is 30.2 Å². The molecule has 0 unspecified atom stereocenters. The van der Waals surface area contributed by atoms with Gasteiger partial charge in [-0.2, -0.15) is 0 Å². The van der Waals surface area contributed by atoms with Crippen LogP contribution in [0.5, 0.6) is 0 Å². The third kappa shape index (κ3) is 4.38. The second-order valence-corrected chi connectivity index (χ2v) is 3.33. The van der Waals surface area contributed by atoms with E-state index in [-0.39, 0.29) is 11.5 Å². The molecule has 0 aliphatic carbocycles. The number of rotatable bonds is 8. The summed E-state index contributed by atoms with van der Waals surface area (Å²) in [6.45, 7) is 4.77. The number of carboxylic acid groups (broad SMARTS) is 1. The standard InChI is InChI=1S/C11H14N2O5/c1-2-3-5-17-6-4-12-10(14)8-7-9(11(15)16)18-13-8/h2,7H,1,3-6H2,(H,12,14)(H,15,16). The molecule has 0 saturated carbocycles. The third-order valence-corrected chi connectivity index (χ3v) is 1.95. The molecule has 0 atom stereocenters. The number of carboxylic acids is 1. The Hall–Kier alpha value is -2.15. The highest BCUT2D eigenvalue weighted by Gasteiger charge is 2.15. The fourth-order valence-corrected chi connectivity index (χ4v) is 1.08. The average Bonchev–Trinajstić information content (AvgIpc) is 2.83. The summed E-state index contributed by atoms with van der Waals surface area (Å²) in [4.78, 5) is 22.0. The summed E-state index contributed by atoms with van der Waals surface area (Å²) in [5, 5.41) is 14.4. The first-order chi connectivity index (χ1) is 8.65. The van der Waals surface area contributed by atoms with Crippen molar-refractivity contribution in [2.75, 3.05) is 19.8 Å². The van der Waals surface area contributed by atoms with Gasteiger partial charge < -0.3 is 19.7 Å². The number of nitrogens with zero attached hydrogens (tertiary/aromatic N) is 1.